The second kappa shape index (κ2) is 7.93. The summed E-state index contributed by atoms with van der Waals surface area (Å²) in [6, 6.07) is 14.2. The number of carbonyl (C=O) groups is 2. The van der Waals surface area contributed by atoms with Gasteiger partial charge in [0.15, 0.2) is 11.5 Å². The summed E-state index contributed by atoms with van der Waals surface area (Å²) in [5.74, 6) is 0.793. The molecule has 0 aliphatic carbocycles. The van der Waals surface area contributed by atoms with E-state index in [2.05, 4.69) is 6.58 Å². The molecule has 1 fully saturated rings. The number of carbonyl (C=O) groups excluding carboxylic acids is 2. The molecule has 0 N–H and O–H groups in total. The fourth-order valence-electron chi connectivity index (χ4n) is 2.46. The fraction of sp³-hybridized carbons (Fsp3) is 0.100. The van der Waals surface area contributed by atoms with Crippen LogP contribution in [-0.4, -0.2) is 24.9 Å². The van der Waals surface area contributed by atoms with Crippen molar-refractivity contribution in [2.45, 2.75) is 0 Å². The van der Waals surface area contributed by atoms with Crippen molar-refractivity contribution in [2.24, 2.45) is 0 Å². The van der Waals surface area contributed by atoms with Crippen molar-refractivity contribution in [3.8, 4) is 11.5 Å². The van der Waals surface area contributed by atoms with Gasteiger partial charge in [0.05, 0.1) is 17.7 Å². The summed E-state index contributed by atoms with van der Waals surface area (Å²) in [7, 11) is 1.54. The Morgan fingerprint density at radius 2 is 1.88 bits per heavy atom. The van der Waals surface area contributed by atoms with Crippen LogP contribution in [0.3, 0.4) is 0 Å². The minimum absolute atomic E-state index is 0.314. The van der Waals surface area contributed by atoms with Crippen molar-refractivity contribution < 1.29 is 19.1 Å². The molecule has 0 radical (unpaired) electrons. The van der Waals surface area contributed by atoms with Gasteiger partial charge in [0.2, 0.25) is 0 Å². The zero-order valence-electron chi connectivity index (χ0n) is 14.2. The Balaban J connectivity index is 1.87. The van der Waals surface area contributed by atoms with Crippen LogP contribution in [0.2, 0.25) is 0 Å². The lowest BCUT2D eigenvalue weighted by Crippen LogP contribution is -2.27. The number of amides is 2. The minimum Gasteiger partial charge on any atom is -0.493 e. The number of thioether (sulfide) groups is 1. The van der Waals surface area contributed by atoms with E-state index in [9.17, 15) is 9.59 Å². The van der Waals surface area contributed by atoms with Gasteiger partial charge in [-0.2, -0.15) is 0 Å². The van der Waals surface area contributed by atoms with Gasteiger partial charge in [-0.05, 0) is 47.7 Å². The van der Waals surface area contributed by atoms with E-state index in [4.69, 9.17) is 9.47 Å². The van der Waals surface area contributed by atoms with Gasteiger partial charge >= 0.3 is 0 Å². The molecule has 1 aliphatic rings. The highest BCUT2D eigenvalue weighted by Gasteiger charge is 2.36. The third kappa shape index (κ3) is 3.65. The van der Waals surface area contributed by atoms with Gasteiger partial charge in [-0.3, -0.25) is 9.59 Å². The summed E-state index contributed by atoms with van der Waals surface area (Å²) in [6.45, 7) is 3.98. The van der Waals surface area contributed by atoms with Crippen LogP contribution in [0.4, 0.5) is 10.5 Å². The van der Waals surface area contributed by atoms with E-state index in [1.807, 2.05) is 6.07 Å². The molecule has 0 bridgehead atoms. The number of anilines is 1. The molecule has 1 heterocycles. The molecule has 0 spiro atoms. The second-order valence-corrected chi connectivity index (χ2v) is 6.36. The molecule has 3 rings (SSSR count). The highest BCUT2D eigenvalue weighted by atomic mass is 32.2. The lowest BCUT2D eigenvalue weighted by Gasteiger charge is -2.11. The molecule has 0 saturated carbocycles. The summed E-state index contributed by atoms with van der Waals surface area (Å²) in [6.07, 6.45) is 3.32. The van der Waals surface area contributed by atoms with Gasteiger partial charge in [0, 0.05) is 0 Å². The molecule has 132 valence electrons. The van der Waals surface area contributed by atoms with Crippen molar-refractivity contribution in [2.75, 3.05) is 18.6 Å². The number of benzene rings is 2. The summed E-state index contributed by atoms with van der Waals surface area (Å²) in [5, 5.41) is -0.314. The molecular formula is C20H17NO4S. The average Bonchev–Trinajstić information content (AvgIpc) is 2.94. The lowest BCUT2D eigenvalue weighted by atomic mass is 10.2. The molecular weight excluding hydrogens is 350 g/mol. The number of para-hydroxylation sites is 1. The van der Waals surface area contributed by atoms with Crippen molar-refractivity contribution in [3.05, 3.63) is 71.7 Å². The third-order valence-electron chi connectivity index (χ3n) is 3.65. The largest absolute Gasteiger partial charge is 0.493 e. The number of nitrogens with zero attached hydrogens (tertiary/aromatic N) is 1. The number of methoxy groups -OCH3 is 1. The van der Waals surface area contributed by atoms with Crippen LogP contribution in [0.15, 0.2) is 66.1 Å². The van der Waals surface area contributed by atoms with Gasteiger partial charge < -0.3 is 9.47 Å². The first-order valence-electron chi connectivity index (χ1n) is 7.89. The Labute approximate surface area is 155 Å². The summed E-state index contributed by atoms with van der Waals surface area (Å²) < 4.78 is 10.8. The zero-order chi connectivity index (χ0) is 18.5. The van der Waals surface area contributed by atoms with Crippen LogP contribution in [0, 0.1) is 0 Å². The minimum atomic E-state index is -0.336. The summed E-state index contributed by atoms with van der Waals surface area (Å²) >= 11 is 0.916. The quantitative estimate of drug-likeness (QED) is 0.556. The monoisotopic (exact) mass is 367 g/mol. The number of imide groups is 1. The summed E-state index contributed by atoms with van der Waals surface area (Å²) in [4.78, 5) is 26.4. The number of rotatable bonds is 6. The van der Waals surface area contributed by atoms with Gasteiger partial charge in [-0.25, -0.2) is 4.90 Å². The van der Waals surface area contributed by atoms with E-state index in [1.165, 1.54) is 4.90 Å². The van der Waals surface area contributed by atoms with E-state index in [0.717, 1.165) is 17.3 Å². The molecule has 1 saturated heterocycles. The zero-order valence-corrected chi connectivity index (χ0v) is 15.0. The van der Waals surface area contributed by atoms with Crippen LogP contribution in [0.1, 0.15) is 5.56 Å². The predicted molar refractivity (Wildman–Crippen MR) is 104 cm³/mol. The SMILES string of the molecule is C=CCOc1ccc(C=C2SC(=O)N(c3ccccc3)C2=O)cc1OC. The molecule has 26 heavy (non-hydrogen) atoms. The molecule has 2 aromatic carbocycles. The van der Waals surface area contributed by atoms with Gasteiger partial charge in [0.1, 0.15) is 6.61 Å². The second-order valence-electron chi connectivity index (χ2n) is 5.36. The van der Waals surface area contributed by atoms with Crippen LogP contribution >= 0.6 is 11.8 Å². The highest BCUT2D eigenvalue weighted by Crippen LogP contribution is 2.36. The standard InChI is InChI=1S/C20H17NO4S/c1-3-11-25-16-10-9-14(12-17(16)24-2)13-18-19(22)21(20(23)26-18)15-7-5-4-6-8-15/h3-10,12-13H,1,11H2,2H3. The number of hydrogen-bond donors (Lipinski definition) is 0. The van der Waals surface area contributed by atoms with E-state index < -0.39 is 0 Å². The Hall–Kier alpha value is -2.99. The normalized spacial score (nSPS) is 15.4. The van der Waals surface area contributed by atoms with Gasteiger partial charge in [-0.1, -0.05) is 36.9 Å². The molecule has 0 unspecified atom stereocenters. The maximum Gasteiger partial charge on any atom is 0.298 e. The van der Waals surface area contributed by atoms with Crippen LogP contribution < -0.4 is 14.4 Å². The first-order chi connectivity index (χ1) is 12.6. The number of ether oxygens (including phenoxy) is 2. The first-order valence-corrected chi connectivity index (χ1v) is 8.70. The Kier molecular flexibility index (Phi) is 5.43. The molecule has 0 aromatic heterocycles. The molecule has 6 heteroatoms. The highest BCUT2D eigenvalue weighted by molar-refractivity contribution is 8.19. The predicted octanol–water partition coefficient (Wildman–Crippen LogP) is 4.50. The molecule has 2 amide bonds. The lowest BCUT2D eigenvalue weighted by molar-refractivity contribution is -0.113. The van der Waals surface area contributed by atoms with Crippen LogP contribution in [-0.2, 0) is 4.79 Å². The van der Waals surface area contributed by atoms with E-state index in [0.29, 0.717) is 28.7 Å². The Morgan fingerprint density at radius 3 is 2.58 bits per heavy atom. The van der Waals surface area contributed by atoms with Gasteiger partial charge in [0.25, 0.3) is 11.1 Å². The van der Waals surface area contributed by atoms with E-state index in [-0.39, 0.29) is 11.1 Å². The fourth-order valence-corrected chi connectivity index (χ4v) is 3.30. The van der Waals surface area contributed by atoms with Crippen molar-refractivity contribution >= 4 is 34.7 Å². The molecule has 2 aromatic rings. The van der Waals surface area contributed by atoms with Crippen molar-refractivity contribution in [1.29, 1.82) is 0 Å². The first kappa shape index (κ1) is 17.8. The third-order valence-corrected chi connectivity index (χ3v) is 4.52. The van der Waals surface area contributed by atoms with E-state index in [1.54, 1.807) is 61.7 Å². The van der Waals surface area contributed by atoms with Crippen LogP contribution in [0.25, 0.3) is 6.08 Å². The Morgan fingerprint density at radius 1 is 1.12 bits per heavy atom. The smallest absolute Gasteiger partial charge is 0.298 e. The maximum absolute atomic E-state index is 12.6. The molecule has 0 atom stereocenters. The molecule has 5 nitrogen and oxygen atoms in total. The Bertz CT molecular complexity index is 877. The maximum atomic E-state index is 12.6. The van der Waals surface area contributed by atoms with Crippen LogP contribution in [0.5, 0.6) is 11.5 Å². The van der Waals surface area contributed by atoms with Gasteiger partial charge in [-0.15, -0.1) is 0 Å². The molecule has 1 aliphatic heterocycles. The number of hydrogen-bond acceptors (Lipinski definition) is 5. The van der Waals surface area contributed by atoms with Crippen molar-refractivity contribution in [3.63, 3.8) is 0 Å². The van der Waals surface area contributed by atoms with E-state index >= 15 is 0 Å². The summed E-state index contributed by atoms with van der Waals surface area (Å²) in [5.41, 5.74) is 1.30. The van der Waals surface area contributed by atoms with Crippen molar-refractivity contribution in [1.82, 2.24) is 0 Å². The average molecular weight is 367 g/mol. The topological polar surface area (TPSA) is 55.8 Å².